The highest BCUT2D eigenvalue weighted by molar-refractivity contribution is 7.89. The van der Waals surface area contributed by atoms with Crippen LogP contribution in [0.25, 0.3) is 0 Å². The molecule has 0 aromatic heterocycles. The molecule has 0 heterocycles. The van der Waals surface area contributed by atoms with Gasteiger partial charge in [0.2, 0.25) is 10.0 Å². The largest absolute Gasteiger partial charge is 0.478 e. The van der Waals surface area contributed by atoms with Gasteiger partial charge in [-0.25, -0.2) is 13.2 Å². The number of carbonyl (C=O) groups is 1. The van der Waals surface area contributed by atoms with Crippen LogP contribution in [-0.4, -0.2) is 36.9 Å². The highest BCUT2D eigenvalue weighted by Gasteiger charge is 2.25. The molecule has 6 nitrogen and oxygen atoms in total. The molecule has 0 fully saturated rings. The number of nitrogens with zero attached hydrogens (tertiary/aromatic N) is 2. The Balaban J connectivity index is 3.07. The van der Waals surface area contributed by atoms with Gasteiger partial charge in [-0.1, -0.05) is 0 Å². The molecule has 7 heteroatoms. The molecular formula is C12H14N2O4S. The number of hydrogen-bond donors (Lipinski definition) is 1. The van der Waals surface area contributed by atoms with Gasteiger partial charge in [0.25, 0.3) is 0 Å². The van der Waals surface area contributed by atoms with E-state index in [1.54, 1.807) is 6.92 Å². The predicted octanol–water partition coefficient (Wildman–Crippen LogP) is 1.31. The first-order valence-corrected chi connectivity index (χ1v) is 6.93. The van der Waals surface area contributed by atoms with Crippen molar-refractivity contribution >= 4 is 16.0 Å². The lowest BCUT2D eigenvalue weighted by Crippen LogP contribution is -2.34. The Morgan fingerprint density at radius 1 is 1.42 bits per heavy atom. The molecule has 0 amide bonds. The summed E-state index contributed by atoms with van der Waals surface area (Å²) in [7, 11) is -2.32. The maximum atomic E-state index is 12.2. The van der Waals surface area contributed by atoms with E-state index in [9.17, 15) is 13.2 Å². The summed E-state index contributed by atoms with van der Waals surface area (Å²) >= 11 is 0. The fraction of sp³-hybridized carbons (Fsp3) is 0.333. The van der Waals surface area contributed by atoms with Gasteiger partial charge in [-0.15, -0.1) is 0 Å². The van der Waals surface area contributed by atoms with E-state index in [1.165, 1.54) is 31.3 Å². The highest BCUT2D eigenvalue weighted by Crippen LogP contribution is 2.18. The Hall–Kier alpha value is -1.91. The van der Waals surface area contributed by atoms with E-state index < -0.39 is 22.0 Å². The van der Waals surface area contributed by atoms with Crippen molar-refractivity contribution in [3.05, 3.63) is 29.8 Å². The van der Waals surface area contributed by atoms with Gasteiger partial charge in [0, 0.05) is 13.1 Å². The third-order valence-corrected chi connectivity index (χ3v) is 4.77. The van der Waals surface area contributed by atoms with Crippen molar-refractivity contribution in [3.63, 3.8) is 0 Å². The maximum Gasteiger partial charge on any atom is 0.335 e. The van der Waals surface area contributed by atoms with Crippen LogP contribution in [0.2, 0.25) is 0 Å². The number of nitriles is 1. The summed E-state index contributed by atoms with van der Waals surface area (Å²) in [6, 6.07) is 6.42. The summed E-state index contributed by atoms with van der Waals surface area (Å²) in [5.41, 5.74) is 0.0201. The molecular weight excluding hydrogens is 268 g/mol. The second kappa shape index (κ2) is 5.82. The summed E-state index contributed by atoms with van der Waals surface area (Å²) in [5, 5.41) is 17.3. The molecule has 0 spiro atoms. The summed E-state index contributed by atoms with van der Waals surface area (Å²) in [6.07, 6.45) is 0.0862. The standard InChI is InChI=1S/C12H14N2O4S/c1-9(7-8-13)14(2)19(17,18)11-5-3-10(4-6-11)12(15)16/h3-6,9H,7H2,1-2H3,(H,15,16). The Labute approximate surface area is 111 Å². The van der Waals surface area contributed by atoms with E-state index in [-0.39, 0.29) is 16.9 Å². The lowest BCUT2D eigenvalue weighted by Gasteiger charge is -2.22. The predicted molar refractivity (Wildman–Crippen MR) is 68.0 cm³/mol. The fourth-order valence-corrected chi connectivity index (χ4v) is 2.79. The van der Waals surface area contributed by atoms with Crippen molar-refractivity contribution in [3.8, 4) is 6.07 Å². The van der Waals surface area contributed by atoms with E-state index >= 15 is 0 Å². The normalized spacial score (nSPS) is 12.9. The summed E-state index contributed by atoms with van der Waals surface area (Å²) in [6.45, 7) is 1.63. The summed E-state index contributed by atoms with van der Waals surface area (Å²) in [5.74, 6) is -1.12. The molecule has 0 aliphatic rings. The van der Waals surface area contributed by atoms with Gasteiger partial charge in [-0.2, -0.15) is 9.57 Å². The number of carboxylic acid groups (broad SMARTS) is 1. The lowest BCUT2D eigenvalue weighted by molar-refractivity contribution is 0.0696. The van der Waals surface area contributed by atoms with E-state index in [2.05, 4.69) is 0 Å². The Kier molecular flexibility index (Phi) is 4.64. The van der Waals surface area contributed by atoms with Gasteiger partial charge in [-0.3, -0.25) is 0 Å². The van der Waals surface area contributed by atoms with Crippen LogP contribution < -0.4 is 0 Å². The van der Waals surface area contributed by atoms with Crippen LogP contribution in [0.1, 0.15) is 23.7 Å². The molecule has 1 rings (SSSR count). The monoisotopic (exact) mass is 282 g/mol. The molecule has 0 aliphatic heterocycles. The average Bonchev–Trinajstić information content (AvgIpc) is 2.38. The molecule has 19 heavy (non-hydrogen) atoms. The van der Waals surface area contributed by atoms with Crippen molar-refractivity contribution in [2.75, 3.05) is 7.05 Å². The van der Waals surface area contributed by atoms with E-state index in [0.717, 1.165) is 4.31 Å². The zero-order valence-electron chi connectivity index (χ0n) is 10.6. The van der Waals surface area contributed by atoms with E-state index in [1.807, 2.05) is 6.07 Å². The first kappa shape index (κ1) is 15.1. The lowest BCUT2D eigenvalue weighted by atomic mass is 10.2. The Morgan fingerprint density at radius 2 is 1.95 bits per heavy atom. The summed E-state index contributed by atoms with van der Waals surface area (Å²) in [4.78, 5) is 10.7. The Bertz CT molecular complexity index is 602. The SMILES string of the molecule is CC(CC#N)N(C)S(=O)(=O)c1ccc(C(=O)O)cc1. The van der Waals surface area contributed by atoms with Gasteiger partial charge < -0.3 is 5.11 Å². The highest BCUT2D eigenvalue weighted by atomic mass is 32.2. The minimum Gasteiger partial charge on any atom is -0.478 e. The smallest absolute Gasteiger partial charge is 0.335 e. The first-order valence-electron chi connectivity index (χ1n) is 5.49. The minimum atomic E-state index is -3.71. The van der Waals surface area contributed by atoms with Crippen molar-refractivity contribution < 1.29 is 18.3 Å². The second-order valence-corrected chi connectivity index (χ2v) is 6.06. The molecule has 1 atom stereocenters. The molecule has 0 bridgehead atoms. The topological polar surface area (TPSA) is 98.5 Å². The second-order valence-electron chi connectivity index (χ2n) is 4.06. The van der Waals surface area contributed by atoms with Gasteiger partial charge in [0.05, 0.1) is 22.9 Å². The third-order valence-electron chi connectivity index (χ3n) is 2.79. The van der Waals surface area contributed by atoms with E-state index in [0.29, 0.717) is 0 Å². The van der Waals surface area contributed by atoms with Crippen LogP contribution in [0.5, 0.6) is 0 Å². The summed E-state index contributed by atoms with van der Waals surface area (Å²) < 4.78 is 25.5. The van der Waals surface area contributed by atoms with Crippen molar-refractivity contribution in [1.29, 1.82) is 5.26 Å². The van der Waals surface area contributed by atoms with Gasteiger partial charge >= 0.3 is 5.97 Å². The maximum absolute atomic E-state index is 12.2. The van der Waals surface area contributed by atoms with Crippen LogP contribution in [0, 0.1) is 11.3 Å². The van der Waals surface area contributed by atoms with Crippen LogP contribution >= 0.6 is 0 Å². The number of rotatable bonds is 5. The molecule has 1 N–H and O–H groups in total. The van der Waals surface area contributed by atoms with Gasteiger partial charge in [0.15, 0.2) is 0 Å². The molecule has 1 aromatic carbocycles. The molecule has 1 aromatic rings. The zero-order chi connectivity index (χ0) is 14.6. The molecule has 102 valence electrons. The average molecular weight is 282 g/mol. The van der Waals surface area contributed by atoms with Gasteiger partial charge in [0.1, 0.15) is 0 Å². The number of aromatic carboxylic acids is 1. The van der Waals surface area contributed by atoms with Crippen LogP contribution in [0.4, 0.5) is 0 Å². The molecule has 0 saturated heterocycles. The van der Waals surface area contributed by atoms with Crippen LogP contribution in [-0.2, 0) is 10.0 Å². The minimum absolute atomic E-state index is 0.00443. The number of sulfonamides is 1. The first-order chi connectivity index (χ1) is 8.80. The van der Waals surface area contributed by atoms with Crippen LogP contribution in [0.3, 0.4) is 0 Å². The van der Waals surface area contributed by atoms with E-state index in [4.69, 9.17) is 10.4 Å². The third kappa shape index (κ3) is 3.30. The van der Waals surface area contributed by atoms with Crippen molar-refractivity contribution in [2.24, 2.45) is 0 Å². The zero-order valence-corrected chi connectivity index (χ0v) is 11.4. The molecule has 1 unspecified atom stereocenters. The fourth-order valence-electron chi connectivity index (χ4n) is 1.43. The number of benzene rings is 1. The number of hydrogen-bond acceptors (Lipinski definition) is 4. The van der Waals surface area contributed by atoms with Crippen molar-refractivity contribution in [1.82, 2.24) is 4.31 Å². The molecule has 0 saturated carbocycles. The van der Waals surface area contributed by atoms with Crippen molar-refractivity contribution in [2.45, 2.75) is 24.3 Å². The molecule has 0 radical (unpaired) electrons. The van der Waals surface area contributed by atoms with Crippen LogP contribution in [0.15, 0.2) is 29.2 Å². The number of carboxylic acids is 1. The van der Waals surface area contributed by atoms with Gasteiger partial charge in [-0.05, 0) is 31.2 Å². The molecule has 0 aliphatic carbocycles. The quantitative estimate of drug-likeness (QED) is 0.877. The Morgan fingerprint density at radius 3 is 2.37 bits per heavy atom.